The zero-order chi connectivity index (χ0) is 10.5. The molecule has 80 valence electrons. The number of nitrogens with zero attached hydrogens (tertiary/aromatic N) is 1. The molecule has 0 saturated carbocycles. The molecule has 0 saturated heterocycles. The summed E-state index contributed by atoms with van der Waals surface area (Å²) < 4.78 is 0. The number of unbranched alkanes of at least 4 members (excludes halogenated alkanes) is 7. The van der Waals surface area contributed by atoms with Crippen LogP contribution in [0.5, 0.6) is 0 Å². The third kappa shape index (κ3) is 11.1. The van der Waals surface area contributed by atoms with Gasteiger partial charge in [-0.2, -0.15) is 0 Å². The summed E-state index contributed by atoms with van der Waals surface area (Å²) in [7, 11) is 0. The summed E-state index contributed by atoms with van der Waals surface area (Å²) in [5, 5.41) is 0. The van der Waals surface area contributed by atoms with Gasteiger partial charge in [-0.15, -0.1) is 6.58 Å². The fourth-order valence-electron chi connectivity index (χ4n) is 1.41. The van der Waals surface area contributed by atoms with Crippen LogP contribution in [-0.2, 0) is 4.79 Å². The molecule has 0 N–H and O–H groups in total. The minimum atomic E-state index is 0.653. The van der Waals surface area contributed by atoms with Gasteiger partial charge in [-0.25, -0.2) is 9.79 Å². The fourth-order valence-corrected chi connectivity index (χ4v) is 1.41. The first kappa shape index (κ1) is 13.1. The molecule has 2 heteroatoms. The third-order valence-electron chi connectivity index (χ3n) is 2.24. The van der Waals surface area contributed by atoms with E-state index in [0.717, 1.165) is 12.8 Å². The predicted octanol–water partition coefficient (Wildman–Crippen LogP) is 3.63. The number of aliphatic imine (C=N–C) groups is 1. The maximum Gasteiger partial charge on any atom is 0.234 e. The van der Waals surface area contributed by atoms with Crippen molar-refractivity contribution in [3.05, 3.63) is 12.7 Å². The molecule has 0 aromatic heterocycles. The Morgan fingerprint density at radius 3 is 2.14 bits per heavy atom. The van der Waals surface area contributed by atoms with Crippen LogP contribution in [0.3, 0.4) is 0 Å². The Kier molecular flexibility index (Phi) is 11.4. The van der Waals surface area contributed by atoms with E-state index in [1.54, 1.807) is 6.08 Å². The molecule has 0 aliphatic rings. The van der Waals surface area contributed by atoms with E-state index in [4.69, 9.17) is 0 Å². The molecule has 14 heavy (non-hydrogen) atoms. The van der Waals surface area contributed by atoms with Crippen molar-refractivity contribution >= 4 is 6.08 Å². The van der Waals surface area contributed by atoms with Gasteiger partial charge in [0.25, 0.3) is 0 Å². The number of carbonyl (C=O) groups excluding carboxylic acids is 1. The van der Waals surface area contributed by atoms with Gasteiger partial charge < -0.3 is 0 Å². The van der Waals surface area contributed by atoms with E-state index in [-0.39, 0.29) is 0 Å². The van der Waals surface area contributed by atoms with Crippen LogP contribution in [0.2, 0.25) is 0 Å². The SMILES string of the molecule is C=CCCCCCCCCCN=C=O. The van der Waals surface area contributed by atoms with Crippen molar-refractivity contribution in [2.24, 2.45) is 4.99 Å². The summed E-state index contributed by atoms with van der Waals surface area (Å²) in [6.45, 7) is 4.35. The van der Waals surface area contributed by atoms with E-state index in [0.29, 0.717) is 6.54 Å². The molecule has 0 unspecified atom stereocenters. The molecule has 0 atom stereocenters. The van der Waals surface area contributed by atoms with Gasteiger partial charge in [0.05, 0.1) is 6.54 Å². The largest absolute Gasteiger partial charge is 0.234 e. The van der Waals surface area contributed by atoms with Crippen molar-refractivity contribution in [3.8, 4) is 0 Å². The second-order valence-corrected chi connectivity index (χ2v) is 3.53. The first-order valence-corrected chi connectivity index (χ1v) is 5.56. The number of allylic oxidation sites excluding steroid dienone is 1. The Morgan fingerprint density at radius 1 is 1.00 bits per heavy atom. The molecule has 0 heterocycles. The van der Waals surface area contributed by atoms with E-state index in [1.807, 2.05) is 6.08 Å². The van der Waals surface area contributed by atoms with Gasteiger partial charge in [-0.3, -0.25) is 0 Å². The maximum atomic E-state index is 9.74. The van der Waals surface area contributed by atoms with Crippen molar-refractivity contribution in [3.63, 3.8) is 0 Å². The van der Waals surface area contributed by atoms with E-state index in [9.17, 15) is 4.79 Å². The van der Waals surface area contributed by atoms with Crippen LogP contribution in [0.15, 0.2) is 17.6 Å². The lowest BCUT2D eigenvalue weighted by Gasteiger charge is -1.99. The Balaban J connectivity index is 2.91. The smallest absolute Gasteiger partial charge is 0.211 e. The fraction of sp³-hybridized carbons (Fsp3) is 0.750. The molecule has 0 aliphatic carbocycles. The van der Waals surface area contributed by atoms with Crippen LogP contribution in [-0.4, -0.2) is 12.6 Å². The van der Waals surface area contributed by atoms with Crippen molar-refractivity contribution < 1.29 is 4.79 Å². The van der Waals surface area contributed by atoms with E-state index in [1.165, 1.54) is 38.5 Å². The molecular formula is C12H21NO. The molecule has 0 rings (SSSR count). The third-order valence-corrected chi connectivity index (χ3v) is 2.24. The zero-order valence-electron chi connectivity index (χ0n) is 9.00. The highest BCUT2D eigenvalue weighted by Gasteiger charge is 1.90. The lowest BCUT2D eigenvalue weighted by atomic mass is 10.1. The van der Waals surface area contributed by atoms with Gasteiger partial charge in [0.2, 0.25) is 6.08 Å². The number of isocyanates is 1. The van der Waals surface area contributed by atoms with Gasteiger partial charge >= 0.3 is 0 Å². The van der Waals surface area contributed by atoms with Crippen LogP contribution in [0.25, 0.3) is 0 Å². The molecule has 0 aliphatic heterocycles. The van der Waals surface area contributed by atoms with E-state index < -0.39 is 0 Å². The Hall–Kier alpha value is -0.880. The number of hydrogen-bond acceptors (Lipinski definition) is 2. The van der Waals surface area contributed by atoms with Crippen molar-refractivity contribution in [2.45, 2.75) is 51.4 Å². The highest BCUT2D eigenvalue weighted by molar-refractivity contribution is 5.32. The van der Waals surface area contributed by atoms with Crippen molar-refractivity contribution in [1.29, 1.82) is 0 Å². The molecule has 2 nitrogen and oxygen atoms in total. The molecule has 0 bridgehead atoms. The molecule has 0 radical (unpaired) electrons. The zero-order valence-corrected chi connectivity index (χ0v) is 9.00. The average Bonchev–Trinajstić information content (AvgIpc) is 2.21. The lowest BCUT2D eigenvalue weighted by Crippen LogP contribution is -1.83. The first-order valence-electron chi connectivity index (χ1n) is 5.56. The van der Waals surface area contributed by atoms with E-state index in [2.05, 4.69) is 11.6 Å². The summed E-state index contributed by atoms with van der Waals surface area (Å²) in [4.78, 5) is 13.3. The topological polar surface area (TPSA) is 29.4 Å². The standard InChI is InChI=1S/C12H21NO/c1-2-3-4-5-6-7-8-9-10-11-13-12-14/h2H,1,3-11H2. The summed E-state index contributed by atoms with van der Waals surface area (Å²) >= 11 is 0. The predicted molar refractivity (Wildman–Crippen MR) is 60.1 cm³/mol. The van der Waals surface area contributed by atoms with Crippen LogP contribution in [0.1, 0.15) is 51.4 Å². The van der Waals surface area contributed by atoms with Gasteiger partial charge in [0.1, 0.15) is 0 Å². The van der Waals surface area contributed by atoms with Crippen LogP contribution in [0, 0.1) is 0 Å². The summed E-state index contributed by atoms with van der Waals surface area (Å²) in [6, 6.07) is 0. The maximum absolute atomic E-state index is 9.74. The van der Waals surface area contributed by atoms with Crippen LogP contribution >= 0.6 is 0 Å². The normalized spacial score (nSPS) is 9.43. The second-order valence-electron chi connectivity index (χ2n) is 3.53. The molecular weight excluding hydrogens is 174 g/mol. The minimum absolute atomic E-state index is 0.653. The quantitative estimate of drug-likeness (QED) is 0.226. The summed E-state index contributed by atoms with van der Waals surface area (Å²) in [5.41, 5.74) is 0. The van der Waals surface area contributed by atoms with Gasteiger partial charge in [-0.05, 0) is 19.3 Å². The Labute approximate surface area is 87.1 Å². The Morgan fingerprint density at radius 2 is 1.57 bits per heavy atom. The monoisotopic (exact) mass is 195 g/mol. The Bertz CT molecular complexity index is 171. The molecule has 0 spiro atoms. The first-order chi connectivity index (χ1) is 6.91. The highest BCUT2D eigenvalue weighted by atomic mass is 16.1. The summed E-state index contributed by atoms with van der Waals surface area (Å²) in [5.74, 6) is 0. The van der Waals surface area contributed by atoms with Crippen molar-refractivity contribution in [2.75, 3.05) is 6.54 Å². The van der Waals surface area contributed by atoms with Crippen LogP contribution < -0.4 is 0 Å². The van der Waals surface area contributed by atoms with Gasteiger partial charge in [0.15, 0.2) is 0 Å². The summed E-state index contributed by atoms with van der Waals surface area (Å²) in [6.07, 6.45) is 13.4. The average molecular weight is 195 g/mol. The number of hydrogen-bond donors (Lipinski definition) is 0. The number of rotatable bonds is 10. The lowest BCUT2D eigenvalue weighted by molar-refractivity contribution is 0.558. The van der Waals surface area contributed by atoms with Gasteiger partial charge in [-0.1, -0.05) is 38.2 Å². The van der Waals surface area contributed by atoms with Gasteiger partial charge in [0, 0.05) is 0 Å². The van der Waals surface area contributed by atoms with E-state index >= 15 is 0 Å². The van der Waals surface area contributed by atoms with Crippen molar-refractivity contribution in [1.82, 2.24) is 0 Å². The van der Waals surface area contributed by atoms with Crippen LogP contribution in [0.4, 0.5) is 0 Å². The minimum Gasteiger partial charge on any atom is -0.211 e. The molecule has 0 fully saturated rings. The highest BCUT2D eigenvalue weighted by Crippen LogP contribution is 2.08. The molecule has 0 aromatic carbocycles. The molecule has 0 amide bonds. The second kappa shape index (κ2) is 12.1. The molecule has 0 aromatic rings.